The third-order valence-electron chi connectivity index (χ3n) is 10.5. The molecule has 3 amide bonds. The Bertz CT molecular complexity index is 2030. The molecule has 5 aromatic carbocycles. The number of hydrogen-bond acceptors (Lipinski definition) is 6. The molecule has 2 N–H and O–H groups in total. The Morgan fingerprint density at radius 3 is 1.58 bits per heavy atom. The predicted molar refractivity (Wildman–Crippen MR) is 196 cm³/mol. The van der Waals surface area contributed by atoms with E-state index in [1.165, 1.54) is 9.96 Å². The summed E-state index contributed by atoms with van der Waals surface area (Å²) in [6.07, 6.45) is -0.759. The summed E-state index contributed by atoms with van der Waals surface area (Å²) >= 11 is 0. The van der Waals surface area contributed by atoms with E-state index in [4.69, 9.17) is 20.0 Å². The molecule has 52 heavy (non-hydrogen) atoms. The van der Waals surface area contributed by atoms with Gasteiger partial charge < -0.3 is 15.2 Å². The van der Waals surface area contributed by atoms with E-state index in [1.807, 2.05) is 91.0 Å². The number of carbonyl (C=O) groups is 3. The van der Waals surface area contributed by atoms with Gasteiger partial charge in [-0.3, -0.25) is 14.5 Å². The van der Waals surface area contributed by atoms with Crippen molar-refractivity contribution in [1.29, 1.82) is 0 Å². The van der Waals surface area contributed by atoms with Crippen LogP contribution in [0.4, 0.5) is 9.59 Å². The normalized spacial score (nSPS) is 17.4. The molecule has 262 valence electrons. The van der Waals surface area contributed by atoms with Gasteiger partial charge in [-0.1, -0.05) is 127 Å². The maximum atomic E-state index is 14.0. The predicted octanol–water partition coefficient (Wildman–Crippen LogP) is 7.64. The topological polar surface area (TPSA) is 111 Å². The minimum atomic E-state index is -0.898. The van der Waals surface area contributed by atoms with Gasteiger partial charge in [0.15, 0.2) is 0 Å². The molecule has 9 nitrogen and oxygen atoms in total. The smallest absolute Gasteiger partial charge is 0.434 e. The van der Waals surface area contributed by atoms with Crippen LogP contribution in [0.1, 0.15) is 52.5 Å². The van der Waals surface area contributed by atoms with Crippen LogP contribution in [0.3, 0.4) is 0 Å². The second-order valence-electron chi connectivity index (χ2n) is 13.5. The highest BCUT2D eigenvalue weighted by Crippen LogP contribution is 2.46. The number of amides is 3. The van der Waals surface area contributed by atoms with Gasteiger partial charge >= 0.3 is 12.2 Å². The summed E-state index contributed by atoms with van der Waals surface area (Å²) in [5.74, 6) is -0.935. The molecule has 0 saturated carbocycles. The number of hydrogen-bond donors (Lipinski definition) is 1. The van der Waals surface area contributed by atoms with Crippen molar-refractivity contribution in [1.82, 2.24) is 9.96 Å². The molecule has 5 aromatic rings. The van der Waals surface area contributed by atoms with Crippen molar-refractivity contribution in [2.24, 2.45) is 5.73 Å². The van der Waals surface area contributed by atoms with E-state index in [1.54, 1.807) is 0 Å². The number of piperidine rings is 1. The summed E-state index contributed by atoms with van der Waals surface area (Å²) in [5.41, 5.74) is 15.5. The number of primary amides is 1. The molecule has 2 aliphatic carbocycles. The third kappa shape index (κ3) is 6.28. The minimum Gasteiger partial charge on any atom is -0.448 e. The minimum absolute atomic E-state index is 0.0245. The van der Waals surface area contributed by atoms with Gasteiger partial charge in [0, 0.05) is 18.4 Å². The van der Waals surface area contributed by atoms with Crippen LogP contribution in [0, 0.1) is 0 Å². The highest BCUT2D eigenvalue weighted by atomic mass is 16.7. The first-order chi connectivity index (χ1) is 25.5. The second kappa shape index (κ2) is 14.4. The van der Waals surface area contributed by atoms with Gasteiger partial charge in [-0.05, 0) is 62.9 Å². The van der Waals surface area contributed by atoms with Crippen LogP contribution in [0.15, 0.2) is 127 Å². The van der Waals surface area contributed by atoms with Crippen LogP contribution in [0.5, 0.6) is 0 Å². The molecule has 9 heteroatoms. The number of nitrogens with zero attached hydrogens (tertiary/aromatic N) is 2. The van der Waals surface area contributed by atoms with Crippen molar-refractivity contribution in [3.63, 3.8) is 0 Å². The average Bonchev–Trinajstić information content (AvgIpc) is 3.68. The number of benzene rings is 5. The van der Waals surface area contributed by atoms with Gasteiger partial charge in [0.05, 0.1) is 6.04 Å². The first-order valence-electron chi connectivity index (χ1n) is 17.7. The molecule has 0 unspecified atom stereocenters. The molecule has 1 saturated heterocycles. The Morgan fingerprint density at radius 1 is 0.615 bits per heavy atom. The Hall–Kier alpha value is -5.93. The molecule has 1 fully saturated rings. The van der Waals surface area contributed by atoms with Gasteiger partial charge in [0.25, 0.3) is 0 Å². The first kappa shape index (κ1) is 33.2. The Labute approximate surface area is 302 Å². The number of hydroxylamine groups is 2. The molecule has 0 bridgehead atoms. The van der Waals surface area contributed by atoms with Crippen molar-refractivity contribution in [3.8, 4) is 22.3 Å². The maximum absolute atomic E-state index is 14.0. The molecular formula is C43H39N3O6. The second-order valence-corrected chi connectivity index (χ2v) is 13.5. The van der Waals surface area contributed by atoms with Gasteiger partial charge in [-0.25, -0.2) is 9.59 Å². The fraction of sp³-hybridized carbons (Fsp3) is 0.233. The number of likely N-dealkylation sites (tertiary alicyclic amines) is 1. The van der Waals surface area contributed by atoms with Crippen molar-refractivity contribution in [2.75, 3.05) is 19.8 Å². The van der Waals surface area contributed by atoms with Crippen LogP contribution < -0.4 is 5.73 Å². The van der Waals surface area contributed by atoms with Gasteiger partial charge in [0.2, 0.25) is 5.91 Å². The largest absolute Gasteiger partial charge is 0.448 e. The zero-order valence-electron chi connectivity index (χ0n) is 28.6. The van der Waals surface area contributed by atoms with E-state index < -0.39 is 30.2 Å². The Balaban J connectivity index is 1.01. The lowest BCUT2D eigenvalue weighted by atomic mass is 9.97. The summed E-state index contributed by atoms with van der Waals surface area (Å²) in [5, 5.41) is 1.22. The standard InChI is InChI=1S/C43H39N3O6/c44-41(47)40-23-22-29(24-45(40)42(48)50-26-38-34-18-8-4-14-30(34)31-15-5-9-19-35(31)38)46(52-25-28-12-2-1-3-13-28)43(49)51-27-39-36-20-10-6-16-32(36)33-17-7-11-21-37(33)39/h1-21,29,38-40H,22-27H2,(H2,44,47)/t29-,40+/m1/s1. The quantitative estimate of drug-likeness (QED) is 0.159. The number of carbonyl (C=O) groups excluding carboxylic acids is 3. The highest BCUT2D eigenvalue weighted by molar-refractivity contribution is 5.85. The molecule has 0 radical (unpaired) electrons. The van der Waals surface area contributed by atoms with Crippen LogP contribution in [-0.2, 0) is 25.7 Å². The van der Waals surface area contributed by atoms with Crippen LogP contribution in [0.25, 0.3) is 22.3 Å². The van der Waals surface area contributed by atoms with E-state index in [0.29, 0.717) is 6.42 Å². The first-order valence-corrected chi connectivity index (χ1v) is 17.7. The van der Waals surface area contributed by atoms with Crippen molar-refractivity contribution >= 4 is 18.1 Å². The summed E-state index contributed by atoms with van der Waals surface area (Å²) < 4.78 is 12.0. The lowest BCUT2D eigenvalue weighted by Crippen LogP contribution is -2.58. The molecular weight excluding hydrogens is 654 g/mol. The third-order valence-corrected chi connectivity index (χ3v) is 10.5. The van der Waals surface area contributed by atoms with E-state index >= 15 is 0 Å². The van der Waals surface area contributed by atoms with E-state index in [0.717, 1.165) is 50.1 Å². The summed E-state index contributed by atoms with van der Waals surface area (Å²) in [4.78, 5) is 48.1. The monoisotopic (exact) mass is 693 g/mol. The van der Waals surface area contributed by atoms with Crippen LogP contribution in [0.2, 0.25) is 0 Å². The highest BCUT2D eigenvalue weighted by Gasteiger charge is 2.41. The fourth-order valence-corrected chi connectivity index (χ4v) is 8.00. The molecule has 0 spiro atoms. The summed E-state index contributed by atoms with van der Waals surface area (Å²) in [6, 6.07) is 40.5. The molecule has 1 aliphatic heterocycles. The van der Waals surface area contributed by atoms with E-state index in [2.05, 4.69) is 36.4 Å². The van der Waals surface area contributed by atoms with Crippen molar-refractivity contribution < 1.29 is 28.7 Å². The summed E-state index contributed by atoms with van der Waals surface area (Å²) in [6.45, 7) is 0.264. The lowest BCUT2D eigenvalue weighted by molar-refractivity contribution is -0.181. The van der Waals surface area contributed by atoms with E-state index in [-0.39, 0.29) is 44.6 Å². The van der Waals surface area contributed by atoms with Crippen LogP contribution in [-0.4, -0.2) is 59.9 Å². The Kier molecular flexibility index (Phi) is 9.18. The molecule has 1 heterocycles. The van der Waals surface area contributed by atoms with Crippen molar-refractivity contribution in [3.05, 3.63) is 155 Å². The van der Waals surface area contributed by atoms with Gasteiger partial charge in [0.1, 0.15) is 25.9 Å². The molecule has 8 rings (SSSR count). The molecule has 0 aromatic heterocycles. The molecule has 3 aliphatic rings. The van der Waals surface area contributed by atoms with Gasteiger partial charge in [-0.2, -0.15) is 5.06 Å². The number of rotatable bonds is 9. The van der Waals surface area contributed by atoms with E-state index in [9.17, 15) is 14.4 Å². The Morgan fingerprint density at radius 2 is 1.08 bits per heavy atom. The number of fused-ring (bicyclic) bond motifs is 6. The van der Waals surface area contributed by atoms with Crippen LogP contribution >= 0.6 is 0 Å². The zero-order chi connectivity index (χ0) is 35.6. The number of ether oxygens (including phenoxy) is 2. The van der Waals surface area contributed by atoms with Crippen molar-refractivity contribution in [2.45, 2.75) is 43.4 Å². The number of nitrogens with two attached hydrogens (primary N) is 1. The SMILES string of the molecule is NC(=O)[C@@H]1CC[C@@H](N(OCc2ccccc2)C(=O)OCC2c3ccccc3-c3ccccc32)CN1C(=O)OCC1c2ccccc2-c2ccccc21. The lowest BCUT2D eigenvalue weighted by Gasteiger charge is -2.40. The van der Waals surface area contributed by atoms with Gasteiger partial charge in [-0.15, -0.1) is 0 Å². The average molecular weight is 694 g/mol. The summed E-state index contributed by atoms with van der Waals surface area (Å²) in [7, 11) is 0. The fourth-order valence-electron chi connectivity index (χ4n) is 8.00. The zero-order valence-corrected chi connectivity index (χ0v) is 28.6. The molecule has 2 atom stereocenters. The maximum Gasteiger partial charge on any atom is 0.434 e.